The fourth-order valence-corrected chi connectivity index (χ4v) is 5.33. The molecule has 0 spiro atoms. The van der Waals surface area contributed by atoms with Crippen molar-refractivity contribution in [1.82, 2.24) is 15.2 Å². The maximum atomic E-state index is 13.6. The van der Waals surface area contributed by atoms with Crippen LogP contribution in [0.1, 0.15) is 58.6 Å². The third kappa shape index (κ3) is 4.66. The predicted molar refractivity (Wildman–Crippen MR) is 132 cm³/mol. The molecule has 6 nitrogen and oxygen atoms in total. The number of pyridine rings is 1. The zero-order valence-corrected chi connectivity index (χ0v) is 20.3. The van der Waals surface area contributed by atoms with Gasteiger partial charge in [-0.25, -0.2) is 4.98 Å². The number of benzene rings is 1. The Kier molecular flexibility index (Phi) is 6.40. The first-order valence-electron chi connectivity index (χ1n) is 12.2. The molecule has 2 aromatic heterocycles. The minimum absolute atomic E-state index is 0.0987. The molecule has 9 heteroatoms. The van der Waals surface area contributed by atoms with Crippen molar-refractivity contribution in [2.75, 3.05) is 29.4 Å². The second-order valence-electron chi connectivity index (χ2n) is 9.57. The average molecular weight is 496 g/mol. The van der Waals surface area contributed by atoms with Crippen LogP contribution < -0.4 is 9.80 Å². The van der Waals surface area contributed by atoms with Gasteiger partial charge in [0.1, 0.15) is 5.82 Å². The molecule has 5 rings (SSSR count). The van der Waals surface area contributed by atoms with Crippen LogP contribution in [0, 0.1) is 0 Å². The molecule has 3 heterocycles. The molecule has 1 aliphatic heterocycles. The summed E-state index contributed by atoms with van der Waals surface area (Å²) in [6, 6.07) is 11.1. The molecule has 0 unspecified atom stereocenters. The summed E-state index contributed by atoms with van der Waals surface area (Å²) >= 11 is 0. The minimum atomic E-state index is -4.62. The maximum absolute atomic E-state index is 13.6. The number of carbonyl (C=O) groups excluding carboxylic acids is 1. The number of halogens is 3. The number of hydrogen-bond acceptors (Lipinski definition) is 6. The molecule has 1 fully saturated rings. The van der Waals surface area contributed by atoms with Gasteiger partial charge in [-0.05, 0) is 50.3 Å². The SMILES string of the molecule is CC(=O)c1cnc(N2CCN(c3nnc(Cc4ccccc4)c4c3CCC4)C[C@H]2C)cc1C(F)(F)F. The summed E-state index contributed by atoms with van der Waals surface area (Å²) in [5.74, 6) is 0.470. The third-order valence-corrected chi connectivity index (χ3v) is 7.11. The second kappa shape index (κ2) is 9.52. The fraction of sp³-hybridized carbons (Fsp3) is 0.407. The normalized spacial score (nSPS) is 17.9. The Morgan fingerprint density at radius 1 is 1.08 bits per heavy atom. The van der Waals surface area contributed by atoms with E-state index in [0.29, 0.717) is 19.6 Å². The van der Waals surface area contributed by atoms with E-state index in [-0.39, 0.29) is 11.9 Å². The highest BCUT2D eigenvalue weighted by Gasteiger charge is 2.37. The summed E-state index contributed by atoms with van der Waals surface area (Å²) in [5.41, 5.74) is 3.43. The number of nitrogens with zero attached hydrogens (tertiary/aromatic N) is 5. The second-order valence-corrected chi connectivity index (χ2v) is 9.57. The molecule has 1 saturated heterocycles. The summed E-state index contributed by atoms with van der Waals surface area (Å²) in [6.45, 7) is 4.78. The first-order valence-corrected chi connectivity index (χ1v) is 12.2. The Bertz CT molecular complexity index is 1280. The lowest BCUT2D eigenvalue weighted by molar-refractivity contribution is -0.137. The van der Waals surface area contributed by atoms with Crippen molar-refractivity contribution in [2.24, 2.45) is 0 Å². The monoisotopic (exact) mass is 495 g/mol. The van der Waals surface area contributed by atoms with E-state index in [4.69, 9.17) is 0 Å². The molecule has 0 amide bonds. The molecule has 0 saturated carbocycles. The number of alkyl halides is 3. The van der Waals surface area contributed by atoms with Gasteiger partial charge in [0.15, 0.2) is 11.6 Å². The summed E-state index contributed by atoms with van der Waals surface area (Å²) in [6.07, 6.45) is 0.191. The Hall–Kier alpha value is -3.49. The quantitative estimate of drug-likeness (QED) is 0.470. The highest BCUT2D eigenvalue weighted by Crippen LogP contribution is 2.36. The number of fused-ring (bicyclic) bond motifs is 1. The first kappa shape index (κ1) is 24.2. The van der Waals surface area contributed by atoms with Gasteiger partial charge < -0.3 is 9.80 Å². The van der Waals surface area contributed by atoms with Crippen molar-refractivity contribution in [3.63, 3.8) is 0 Å². The molecule has 0 N–H and O–H groups in total. The third-order valence-electron chi connectivity index (χ3n) is 7.11. The number of piperazine rings is 1. The van der Waals surface area contributed by atoms with Crippen molar-refractivity contribution >= 4 is 17.4 Å². The molecule has 2 aliphatic rings. The van der Waals surface area contributed by atoms with E-state index in [9.17, 15) is 18.0 Å². The van der Waals surface area contributed by atoms with Crippen LogP contribution in [-0.4, -0.2) is 46.6 Å². The van der Waals surface area contributed by atoms with Crippen molar-refractivity contribution in [3.05, 3.63) is 76.1 Å². The van der Waals surface area contributed by atoms with Crippen LogP contribution in [0.15, 0.2) is 42.6 Å². The van der Waals surface area contributed by atoms with Gasteiger partial charge >= 0.3 is 6.18 Å². The van der Waals surface area contributed by atoms with Gasteiger partial charge in [-0.2, -0.15) is 18.3 Å². The van der Waals surface area contributed by atoms with Crippen molar-refractivity contribution in [2.45, 2.75) is 51.7 Å². The van der Waals surface area contributed by atoms with Crippen LogP contribution >= 0.6 is 0 Å². The van der Waals surface area contributed by atoms with Crippen LogP contribution in [0.3, 0.4) is 0 Å². The molecule has 36 heavy (non-hydrogen) atoms. The number of Topliss-reactive ketones (excluding diaryl/α,β-unsaturated/α-hetero) is 1. The highest BCUT2D eigenvalue weighted by atomic mass is 19.4. The zero-order valence-electron chi connectivity index (χ0n) is 20.3. The largest absolute Gasteiger partial charge is 0.417 e. The number of ketones is 1. The molecule has 0 radical (unpaired) electrons. The fourth-order valence-electron chi connectivity index (χ4n) is 5.33. The number of anilines is 2. The Morgan fingerprint density at radius 2 is 1.83 bits per heavy atom. The van der Waals surface area contributed by atoms with E-state index >= 15 is 0 Å². The van der Waals surface area contributed by atoms with E-state index in [1.54, 1.807) is 0 Å². The van der Waals surface area contributed by atoms with Crippen LogP contribution in [0.5, 0.6) is 0 Å². The van der Waals surface area contributed by atoms with E-state index in [1.807, 2.05) is 30.0 Å². The van der Waals surface area contributed by atoms with Crippen LogP contribution in [0.4, 0.5) is 24.8 Å². The van der Waals surface area contributed by atoms with Gasteiger partial charge in [0.2, 0.25) is 0 Å². The lowest BCUT2D eigenvalue weighted by atomic mass is 10.0. The van der Waals surface area contributed by atoms with Crippen molar-refractivity contribution in [1.29, 1.82) is 0 Å². The van der Waals surface area contributed by atoms with Gasteiger partial charge in [-0.15, -0.1) is 5.10 Å². The minimum Gasteiger partial charge on any atom is -0.351 e. The maximum Gasteiger partial charge on any atom is 0.417 e. The first-order chi connectivity index (χ1) is 17.2. The Morgan fingerprint density at radius 3 is 2.53 bits per heavy atom. The number of carbonyl (C=O) groups is 1. The van der Waals surface area contributed by atoms with E-state index in [1.165, 1.54) is 16.7 Å². The Labute approximate surface area is 208 Å². The molecule has 1 aromatic carbocycles. The standard InChI is InChI=1S/C27H28F3N5O/c1-17-16-34(11-12-35(17)25-14-23(27(28,29)30)22(15-31-25)18(2)36)26-21-10-6-9-20(21)24(32-33-26)13-19-7-4-3-5-8-19/h3-5,7-8,14-15,17H,6,9-13,16H2,1-2H3/t17-/m1/s1. The Balaban J connectivity index is 1.37. The topological polar surface area (TPSA) is 62.2 Å². The summed E-state index contributed by atoms with van der Waals surface area (Å²) < 4.78 is 40.8. The van der Waals surface area contributed by atoms with Crippen LogP contribution in [0.25, 0.3) is 0 Å². The molecule has 188 valence electrons. The summed E-state index contributed by atoms with van der Waals surface area (Å²) in [4.78, 5) is 20.0. The molecule has 3 aromatic rings. The van der Waals surface area contributed by atoms with Gasteiger partial charge in [-0.1, -0.05) is 30.3 Å². The highest BCUT2D eigenvalue weighted by molar-refractivity contribution is 5.95. The van der Waals surface area contributed by atoms with Crippen molar-refractivity contribution in [3.8, 4) is 0 Å². The van der Waals surface area contributed by atoms with Crippen LogP contribution in [-0.2, 0) is 25.4 Å². The molecule has 0 bridgehead atoms. The van der Waals surface area contributed by atoms with Gasteiger partial charge in [0, 0.05) is 49.4 Å². The van der Waals surface area contributed by atoms with Crippen molar-refractivity contribution < 1.29 is 18.0 Å². The number of aromatic nitrogens is 3. The van der Waals surface area contributed by atoms with Gasteiger partial charge in [0.05, 0.1) is 11.3 Å². The lowest BCUT2D eigenvalue weighted by Crippen LogP contribution is -2.53. The number of rotatable bonds is 5. The molecular weight excluding hydrogens is 467 g/mol. The van der Waals surface area contributed by atoms with Gasteiger partial charge in [-0.3, -0.25) is 4.79 Å². The van der Waals surface area contributed by atoms with Crippen LogP contribution in [0.2, 0.25) is 0 Å². The lowest BCUT2D eigenvalue weighted by Gasteiger charge is -2.41. The average Bonchev–Trinajstić information content (AvgIpc) is 3.34. The predicted octanol–water partition coefficient (Wildman–Crippen LogP) is 4.89. The zero-order chi connectivity index (χ0) is 25.4. The molecule has 1 atom stereocenters. The smallest absolute Gasteiger partial charge is 0.351 e. The van der Waals surface area contributed by atoms with E-state index in [0.717, 1.165) is 56.4 Å². The number of hydrogen-bond donors (Lipinski definition) is 0. The van der Waals surface area contributed by atoms with Gasteiger partial charge in [0.25, 0.3) is 0 Å². The van der Waals surface area contributed by atoms with E-state index < -0.39 is 23.1 Å². The summed E-state index contributed by atoms with van der Waals surface area (Å²) in [7, 11) is 0. The molecular formula is C27H28F3N5O. The van der Waals surface area contributed by atoms with E-state index in [2.05, 4.69) is 32.2 Å². The molecule has 1 aliphatic carbocycles. The summed E-state index contributed by atoms with van der Waals surface area (Å²) in [5, 5.41) is 9.25.